The third-order valence-corrected chi connectivity index (χ3v) is 2.56. The van der Waals surface area contributed by atoms with Gasteiger partial charge in [0.05, 0.1) is 6.54 Å². The SMILES string of the molecule is Nc1n[nH]c(=S)n1Cc1cccc(Cl)c1. The molecule has 15 heavy (non-hydrogen) atoms. The largest absolute Gasteiger partial charge is 0.368 e. The monoisotopic (exact) mass is 240 g/mol. The van der Waals surface area contributed by atoms with E-state index < -0.39 is 0 Å². The minimum absolute atomic E-state index is 0.375. The molecule has 0 fully saturated rings. The van der Waals surface area contributed by atoms with Crippen molar-refractivity contribution >= 4 is 29.8 Å². The number of rotatable bonds is 2. The van der Waals surface area contributed by atoms with Gasteiger partial charge in [0.15, 0.2) is 4.77 Å². The van der Waals surface area contributed by atoms with Crippen LogP contribution in [0.25, 0.3) is 0 Å². The molecule has 1 heterocycles. The van der Waals surface area contributed by atoms with Crippen molar-refractivity contribution in [2.75, 3.05) is 5.73 Å². The fourth-order valence-electron chi connectivity index (χ4n) is 1.30. The molecule has 0 amide bonds. The van der Waals surface area contributed by atoms with Gasteiger partial charge >= 0.3 is 0 Å². The van der Waals surface area contributed by atoms with Gasteiger partial charge in [-0.15, -0.1) is 5.10 Å². The van der Waals surface area contributed by atoms with Crippen molar-refractivity contribution in [3.63, 3.8) is 0 Å². The van der Waals surface area contributed by atoms with Gasteiger partial charge in [-0.2, -0.15) is 0 Å². The first-order valence-electron chi connectivity index (χ1n) is 4.32. The van der Waals surface area contributed by atoms with E-state index in [1.165, 1.54) is 0 Å². The molecule has 78 valence electrons. The molecule has 0 radical (unpaired) electrons. The fourth-order valence-corrected chi connectivity index (χ4v) is 1.72. The first kappa shape index (κ1) is 10.2. The first-order chi connectivity index (χ1) is 7.16. The highest BCUT2D eigenvalue weighted by molar-refractivity contribution is 7.71. The standard InChI is InChI=1S/C9H9ClN4S/c10-7-3-1-2-6(4-7)5-14-8(11)12-13-9(14)15/h1-4H,5H2,(H2,11,12)(H,13,15). The molecule has 0 aliphatic rings. The molecule has 3 N–H and O–H groups in total. The van der Waals surface area contributed by atoms with Crippen molar-refractivity contribution in [3.05, 3.63) is 39.6 Å². The molecule has 0 aliphatic heterocycles. The quantitative estimate of drug-likeness (QED) is 0.792. The predicted octanol–water partition coefficient (Wildman–Crippen LogP) is 2.22. The second-order valence-electron chi connectivity index (χ2n) is 3.10. The topological polar surface area (TPSA) is 59.6 Å². The number of hydrogen-bond acceptors (Lipinski definition) is 3. The molecule has 6 heteroatoms. The van der Waals surface area contributed by atoms with E-state index in [9.17, 15) is 0 Å². The van der Waals surface area contributed by atoms with Crippen molar-refractivity contribution in [1.29, 1.82) is 0 Å². The van der Waals surface area contributed by atoms with Crippen molar-refractivity contribution in [3.8, 4) is 0 Å². The summed E-state index contributed by atoms with van der Waals surface area (Å²) in [5, 5.41) is 7.15. The summed E-state index contributed by atoms with van der Waals surface area (Å²) in [6, 6.07) is 7.54. The zero-order chi connectivity index (χ0) is 10.8. The summed E-state index contributed by atoms with van der Waals surface area (Å²) in [4.78, 5) is 0. The Balaban J connectivity index is 2.33. The molecule has 1 aromatic heterocycles. The first-order valence-corrected chi connectivity index (χ1v) is 5.10. The highest BCUT2D eigenvalue weighted by Crippen LogP contribution is 2.13. The average molecular weight is 241 g/mol. The summed E-state index contributed by atoms with van der Waals surface area (Å²) in [6.45, 7) is 0.571. The van der Waals surface area contributed by atoms with E-state index in [2.05, 4.69) is 10.2 Å². The van der Waals surface area contributed by atoms with Crippen molar-refractivity contribution in [2.24, 2.45) is 0 Å². The molecule has 0 saturated carbocycles. The molecule has 0 aliphatic carbocycles. The number of H-pyrrole nitrogens is 1. The number of nitrogens with zero attached hydrogens (tertiary/aromatic N) is 2. The zero-order valence-electron chi connectivity index (χ0n) is 7.77. The van der Waals surface area contributed by atoms with Crippen LogP contribution >= 0.6 is 23.8 Å². The maximum absolute atomic E-state index is 5.87. The Morgan fingerprint density at radius 3 is 2.93 bits per heavy atom. The van der Waals surface area contributed by atoms with Crippen LogP contribution in [0.5, 0.6) is 0 Å². The van der Waals surface area contributed by atoms with Gasteiger partial charge in [-0.05, 0) is 29.9 Å². The summed E-state index contributed by atoms with van der Waals surface area (Å²) in [7, 11) is 0. The van der Waals surface area contributed by atoms with Crippen LogP contribution in [-0.2, 0) is 6.54 Å². The summed E-state index contributed by atoms with van der Waals surface area (Å²) < 4.78 is 2.22. The van der Waals surface area contributed by atoms with Gasteiger partial charge in [0.1, 0.15) is 0 Å². The fraction of sp³-hybridized carbons (Fsp3) is 0.111. The molecule has 0 unspecified atom stereocenters. The molecule has 0 atom stereocenters. The Kier molecular flexibility index (Phi) is 2.75. The maximum Gasteiger partial charge on any atom is 0.220 e. The van der Waals surface area contributed by atoms with E-state index in [0.717, 1.165) is 5.56 Å². The van der Waals surface area contributed by atoms with Gasteiger partial charge in [0, 0.05) is 5.02 Å². The predicted molar refractivity (Wildman–Crippen MR) is 62.4 cm³/mol. The smallest absolute Gasteiger partial charge is 0.220 e. The molecule has 2 aromatic rings. The maximum atomic E-state index is 5.87. The van der Waals surface area contributed by atoms with Crippen LogP contribution in [0.15, 0.2) is 24.3 Å². The molecule has 0 spiro atoms. The van der Waals surface area contributed by atoms with E-state index >= 15 is 0 Å². The van der Waals surface area contributed by atoms with Gasteiger partial charge in [-0.1, -0.05) is 23.7 Å². The molecule has 0 saturated heterocycles. The molecule has 0 bridgehead atoms. The van der Waals surface area contributed by atoms with E-state index in [1.807, 2.05) is 24.3 Å². The van der Waals surface area contributed by atoms with E-state index in [1.54, 1.807) is 4.57 Å². The minimum Gasteiger partial charge on any atom is -0.368 e. The Morgan fingerprint density at radius 2 is 2.33 bits per heavy atom. The Hall–Kier alpha value is -1.33. The lowest BCUT2D eigenvalue weighted by Gasteiger charge is -2.03. The molecule has 4 nitrogen and oxygen atoms in total. The third-order valence-electron chi connectivity index (χ3n) is 2.02. The second-order valence-corrected chi connectivity index (χ2v) is 3.93. The second kappa shape index (κ2) is 4.04. The lowest BCUT2D eigenvalue weighted by atomic mass is 10.2. The number of halogens is 1. The molecule has 1 aromatic carbocycles. The minimum atomic E-state index is 0.375. The number of anilines is 1. The summed E-state index contributed by atoms with van der Waals surface area (Å²) in [6.07, 6.45) is 0. The number of aromatic amines is 1. The normalized spacial score (nSPS) is 10.5. The number of benzene rings is 1. The lowest BCUT2D eigenvalue weighted by Crippen LogP contribution is -2.04. The summed E-state index contributed by atoms with van der Waals surface area (Å²) in [5.41, 5.74) is 6.68. The average Bonchev–Trinajstić information content (AvgIpc) is 2.50. The van der Waals surface area contributed by atoms with Crippen LogP contribution in [-0.4, -0.2) is 14.8 Å². The highest BCUT2D eigenvalue weighted by Gasteiger charge is 2.02. The number of nitrogen functional groups attached to an aromatic ring is 1. The van der Waals surface area contributed by atoms with Crippen LogP contribution in [0.1, 0.15) is 5.56 Å². The number of nitrogens with one attached hydrogen (secondary N) is 1. The van der Waals surface area contributed by atoms with Crippen molar-refractivity contribution < 1.29 is 0 Å². The zero-order valence-corrected chi connectivity index (χ0v) is 9.35. The molecular formula is C9H9ClN4S. The lowest BCUT2D eigenvalue weighted by molar-refractivity contribution is 0.794. The van der Waals surface area contributed by atoms with Gasteiger partial charge in [0.25, 0.3) is 0 Å². The van der Waals surface area contributed by atoms with Crippen LogP contribution < -0.4 is 5.73 Å². The van der Waals surface area contributed by atoms with Gasteiger partial charge in [-0.3, -0.25) is 4.57 Å². The van der Waals surface area contributed by atoms with Crippen molar-refractivity contribution in [1.82, 2.24) is 14.8 Å². The van der Waals surface area contributed by atoms with Gasteiger partial charge < -0.3 is 5.73 Å². The Morgan fingerprint density at radius 1 is 1.53 bits per heavy atom. The van der Waals surface area contributed by atoms with Crippen LogP contribution in [0.2, 0.25) is 5.02 Å². The molecule has 2 rings (SSSR count). The number of hydrogen-bond donors (Lipinski definition) is 2. The molecular weight excluding hydrogens is 232 g/mol. The third kappa shape index (κ3) is 2.19. The van der Waals surface area contributed by atoms with Gasteiger partial charge in [-0.25, -0.2) is 5.10 Å². The van der Waals surface area contributed by atoms with Crippen molar-refractivity contribution in [2.45, 2.75) is 6.54 Å². The van der Waals surface area contributed by atoms with E-state index in [0.29, 0.717) is 22.3 Å². The number of aromatic nitrogens is 3. The van der Waals surface area contributed by atoms with E-state index in [-0.39, 0.29) is 0 Å². The van der Waals surface area contributed by atoms with Gasteiger partial charge in [0.2, 0.25) is 5.95 Å². The highest BCUT2D eigenvalue weighted by atomic mass is 35.5. The Labute approximate surface area is 96.7 Å². The van der Waals surface area contributed by atoms with Crippen LogP contribution in [0.3, 0.4) is 0 Å². The Bertz CT molecular complexity index is 531. The summed E-state index contributed by atoms with van der Waals surface area (Å²) in [5.74, 6) is 0.375. The number of nitrogens with two attached hydrogens (primary N) is 1. The van der Waals surface area contributed by atoms with Crippen LogP contribution in [0.4, 0.5) is 5.95 Å². The van der Waals surface area contributed by atoms with Crippen LogP contribution in [0, 0.1) is 4.77 Å². The summed E-state index contributed by atoms with van der Waals surface area (Å²) >= 11 is 10.9. The van der Waals surface area contributed by atoms with E-state index in [4.69, 9.17) is 29.6 Å².